The zero-order chi connectivity index (χ0) is 16.9. The zero-order valence-corrected chi connectivity index (χ0v) is 14.2. The van der Waals surface area contributed by atoms with Gasteiger partial charge >= 0.3 is 0 Å². The number of carbonyl (C=O) groups excluding carboxylic acids is 2. The first-order valence-electron chi connectivity index (χ1n) is 7.30. The van der Waals surface area contributed by atoms with E-state index in [9.17, 15) is 9.59 Å². The van der Waals surface area contributed by atoms with Crippen LogP contribution in [0.2, 0.25) is 0 Å². The normalized spacial score (nSPS) is 12.5. The summed E-state index contributed by atoms with van der Waals surface area (Å²) in [6.07, 6.45) is 0. The molecule has 1 aromatic carbocycles. The second-order valence-corrected chi connectivity index (χ2v) is 5.82. The highest BCUT2D eigenvalue weighted by molar-refractivity contribution is 9.10. The summed E-state index contributed by atoms with van der Waals surface area (Å²) in [5, 5.41) is 5.22. The van der Waals surface area contributed by atoms with Crippen molar-refractivity contribution in [1.29, 1.82) is 0 Å². The van der Waals surface area contributed by atoms with Crippen LogP contribution in [0.1, 0.15) is 16.1 Å². The van der Waals surface area contributed by atoms with Crippen molar-refractivity contribution in [3.8, 4) is 11.5 Å². The van der Waals surface area contributed by atoms with E-state index in [1.54, 1.807) is 6.07 Å². The van der Waals surface area contributed by atoms with Gasteiger partial charge in [0.25, 0.3) is 5.91 Å². The smallest absolute Gasteiger partial charge is 0.287 e. The van der Waals surface area contributed by atoms with Crippen LogP contribution in [0.3, 0.4) is 0 Å². The maximum Gasteiger partial charge on any atom is 0.287 e. The van der Waals surface area contributed by atoms with Crippen molar-refractivity contribution >= 4 is 27.7 Å². The number of amides is 2. The Morgan fingerprint density at radius 2 is 1.83 bits per heavy atom. The minimum absolute atomic E-state index is 0.137. The SMILES string of the molecule is O=C(CNC(=O)c1ccc(Br)o1)NCc1ccc2c(c1)OCCO2. The summed E-state index contributed by atoms with van der Waals surface area (Å²) in [6.45, 7) is 1.24. The van der Waals surface area contributed by atoms with E-state index in [0.717, 1.165) is 5.56 Å². The topological polar surface area (TPSA) is 89.8 Å². The molecule has 0 atom stereocenters. The molecule has 0 bridgehead atoms. The largest absolute Gasteiger partial charge is 0.486 e. The van der Waals surface area contributed by atoms with Crippen LogP contribution in [-0.4, -0.2) is 31.6 Å². The molecule has 0 fully saturated rings. The van der Waals surface area contributed by atoms with Gasteiger partial charge in [-0.1, -0.05) is 6.07 Å². The number of halogens is 1. The van der Waals surface area contributed by atoms with Crippen LogP contribution in [-0.2, 0) is 11.3 Å². The number of rotatable bonds is 5. The summed E-state index contributed by atoms with van der Waals surface area (Å²) in [4.78, 5) is 23.6. The lowest BCUT2D eigenvalue weighted by atomic mass is 10.2. The van der Waals surface area contributed by atoms with Crippen molar-refractivity contribution in [2.24, 2.45) is 0 Å². The molecular weight excluding hydrogens is 380 g/mol. The Morgan fingerprint density at radius 3 is 2.58 bits per heavy atom. The van der Waals surface area contributed by atoms with Crippen molar-refractivity contribution < 1.29 is 23.5 Å². The molecule has 0 unspecified atom stereocenters. The Morgan fingerprint density at radius 1 is 1.04 bits per heavy atom. The summed E-state index contributed by atoms with van der Waals surface area (Å²) in [5.41, 5.74) is 0.883. The molecule has 0 saturated carbocycles. The Hall–Kier alpha value is -2.48. The highest BCUT2D eigenvalue weighted by Crippen LogP contribution is 2.30. The summed E-state index contributed by atoms with van der Waals surface area (Å²) < 4.78 is 16.5. The van der Waals surface area contributed by atoms with Gasteiger partial charge in [-0.3, -0.25) is 9.59 Å². The molecule has 1 aliphatic rings. The fraction of sp³-hybridized carbons (Fsp3) is 0.250. The number of carbonyl (C=O) groups is 2. The van der Waals surface area contributed by atoms with Crippen LogP contribution < -0.4 is 20.1 Å². The first-order valence-corrected chi connectivity index (χ1v) is 8.10. The highest BCUT2D eigenvalue weighted by Gasteiger charge is 2.13. The van der Waals surface area contributed by atoms with E-state index in [0.29, 0.717) is 35.9 Å². The average Bonchev–Trinajstić information content (AvgIpc) is 3.04. The molecule has 0 saturated heterocycles. The minimum atomic E-state index is -0.449. The Kier molecular flexibility index (Phi) is 5.05. The van der Waals surface area contributed by atoms with Gasteiger partial charge in [-0.2, -0.15) is 0 Å². The first kappa shape index (κ1) is 16.4. The van der Waals surface area contributed by atoms with Crippen LogP contribution in [0.4, 0.5) is 0 Å². The van der Waals surface area contributed by atoms with Gasteiger partial charge in [0.1, 0.15) is 13.2 Å². The number of nitrogens with one attached hydrogen (secondary N) is 2. The number of hydrogen-bond donors (Lipinski definition) is 2. The summed E-state index contributed by atoms with van der Waals surface area (Å²) in [5.74, 6) is 0.762. The van der Waals surface area contributed by atoms with E-state index in [1.807, 2.05) is 18.2 Å². The molecule has 0 aliphatic carbocycles. The monoisotopic (exact) mass is 394 g/mol. The number of furan rings is 1. The van der Waals surface area contributed by atoms with E-state index in [2.05, 4.69) is 26.6 Å². The lowest BCUT2D eigenvalue weighted by Gasteiger charge is -2.19. The molecule has 0 radical (unpaired) electrons. The third kappa shape index (κ3) is 4.08. The third-order valence-electron chi connectivity index (χ3n) is 3.30. The van der Waals surface area contributed by atoms with Gasteiger partial charge in [-0.15, -0.1) is 0 Å². The van der Waals surface area contributed by atoms with Gasteiger partial charge < -0.3 is 24.5 Å². The van der Waals surface area contributed by atoms with Crippen molar-refractivity contribution in [3.05, 3.63) is 46.3 Å². The molecule has 2 heterocycles. The Bertz CT molecular complexity index is 759. The van der Waals surface area contributed by atoms with Gasteiger partial charge in [0.15, 0.2) is 21.9 Å². The van der Waals surface area contributed by atoms with Gasteiger partial charge in [0.2, 0.25) is 5.91 Å². The Labute approximate surface area is 146 Å². The van der Waals surface area contributed by atoms with Crippen LogP contribution in [0.25, 0.3) is 0 Å². The second kappa shape index (κ2) is 7.39. The second-order valence-electron chi connectivity index (χ2n) is 5.04. The number of hydrogen-bond acceptors (Lipinski definition) is 5. The zero-order valence-electron chi connectivity index (χ0n) is 12.6. The fourth-order valence-corrected chi connectivity index (χ4v) is 2.45. The van der Waals surface area contributed by atoms with Gasteiger partial charge in [0.05, 0.1) is 6.54 Å². The summed E-state index contributed by atoms with van der Waals surface area (Å²) >= 11 is 3.11. The quantitative estimate of drug-likeness (QED) is 0.807. The van der Waals surface area contributed by atoms with E-state index in [-0.39, 0.29) is 18.2 Å². The molecule has 2 aromatic rings. The molecule has 126 valence electrons. The third-order valence-corrected chi connectivity index (χ3v) is 3.73. The number of fused-ring (bicyclic) bond motifs is 1. The number of benzene rings is 1. The predicted octanol–water partition coefficient (Wildman–Crippen LogP) is 1.86. The minimum Gasteiger partial charge on any atom is -0.486 e. The van der Waals surface area contributed by atoms with Gasteiger partial charge in [-0.05, 0) is 45.8 Å². The lowest BCUT2D eigenvalue weighted by Crippen LogP contribution is -2.36. The number of ether oxygens (including phenoxy) is 2. The Balaban J connectivity index is 1.46. The van der Waals surface area contributed by atoms with E-state index >= 15 is 0 Å². The highest BCUT2D eigenvalue weighted by atomic mass is 79.9. The average molecular weight is 395 g/mol. The summed E-state index contributed by atoms with van der Waals surface area (Å²) in [6, 6.07) is 8.62. The van der Waals surface area contributed by atoms with Crippen LogP contribution in [0.15, 0.2) is 39.4 Å². The predicted molar refractivity (Wildman–Crippen MR) is 88.0 cm³/mol. The lowest BCUT2D eigenvalue weighted by molar-refractivity contribution is -0.120. The standard InChI is InChI=1S/C16H15BrN2O5/c17-14-4-3-12(24-14)16(21)19-9-15(20)18-8-10-1-2-11-13(7-10)23-6-5-22-11/h1-4,7H,5-6,8-9H2,(H,18,20)(H,19,21). The van der Waals surface area contributed by atoms with Crippen LogP contribution >= 0.6 is 15.9 Å². The molecule has 2 amide bonds. The molecule has 2 N–H and O–H groups in total. The van der Waals surface area contributed by atoms with Crippen molar-refractivity contribution in [2.75, 3.05) is 19.8 Å². The van der Waals surface area contributed by atoms with E-state index in [4.69, 9.17) is 13.9 Å². The van der Waals surface area contributed by atoms with E-state index in [1.165, 1.54) is 6.07 Å². The summed E-state index contributed by atoms with van der Waals surface area (Å²) in [7, 11) is 0. The van der Waals surface area contributed by atoms with Crippen molar-refractivity contribution in [2.45, 2.75) is 6.54 Å². The van der Waals surface area contributed by atoms with Gasteiger partial charge in [0, 0.05) is 6.54 Å². The molecule has 3 rings (SSSR count). The molecule has 7 nitrogen and oxygen atoms in total. The molecule has 1 aliphatic heterocycles. The molecule has 0 spiro atoms. The molecule has 8 heteroatoms. The molecule has 1 aromatic heterocycles. The van der Waals surface area contributed by atoms with Crippen LogP contribution in [0, 0.1) is 0 Å². The van der Waals surface area contributed by atoms with E-state index < -0.39 is 5.91 Å². The van der Waals surface area contributed by atoms with Crippen molar-refractivity contribution in [3.63, 3.8) is 0 Å². The molecule has 24 heavy (non-hydrogen) atoms. The maximum absolute atomic E-state index is 11.8. The van der Waals surface area contributed by atoms with Crippen molar-refractivity contribution in [1.82, 2.24) is 10.6 Å². The maximum atomic E-state index is 11.8. The van der Waals surface area contributed by atoms with Crippen LogP contribution in [0.5, 0.6) is 11.5 Å². The fourth-order valence-electron chi connectivity index (χ4n) is 2.14. The van der Waals surface area contributed by atoms with Gasteiger partial charge in [-0.25, -0.2) is 0 Å². The first-order chi connectivity index (χ1) is 11.6. The molecular formula is C16H15BrN2O5.